The van der Waals surface area contributed by atoms with Crippen LogP contribution in [0.4, 0.5) is 0 Å². The number of nitrogens with one attached hydrogen (secondary N) is 1. The van der Waals surface area contributed by atoms with E-state index in [1.807, 2.05) is 30.3 Å². The number of likely N-dealkylation sites (tertiary alicyclic amines) is 1. The van der Waals surface area contributed by atoms with Gasteiger partial charge in [-0.1, -0.05) is 6.07 Å². The lowest BCUT2D eigenvalue weighted by Gasteiger charge is -2.29. The van der Waals surface area contributed by atoms with Crippen molar-refractivity contribution in [2.75, 3.05) is 26.7 Å². The zero-order chi connectivity index (χ0) is 17.5. The van der Waals surface area contributed by atoms with Crippen LogP contribution in [0, 0.1) is 5.92 Å². The third-order valence-corrected chi connectivity index (χ3v) is 4.50. The molecule has 0 radical (unpaired) electrons. The first-order valence-corrected chi connectivity index (χ1v) is 8.80. The largest absolute Gasteiger partial charge is 0.487 e. The molecule has 1 aliphatic rings. The number of carbonyl (C=O) groups excluding carboxylic acids is 1. The Morgan fingerprint density at radius 2 is 2.12 bits per heavy atom. The van der Waals surface area contributed by atoms with Crippen molar-refractivity contribution < 1.29 is 9.53 Å². The van der Waals surface area contributed by atoms with Crippen LogP contribution >= 0.6 is 0 Å². The van der Waals surface area contributed by atoms with Gasteiger partial charge in [-0.3, -0.25) is 9.78 Å². The molecule has 3 rings (SSSR count). The van der Waals surface area contributed by atoms with E-state index in [1.54, 1.807) is 18.3 Å². The van der Waals surface area contributed by atoms with E-state index in [2.05, 4.69) is 22.2 Å². The van der Waals surface area contributed by atoms with Crippen molar-refractivity contribution in [3.05, 3.63) is 59.9 Å². The third-order valence-electron chi connectivity index (χ3n) is 4.50. The second kappa shape index (κ2) is 8.62. The number of pyridine rings is 1. The Morgan fingerprint density at radius 1 is 1.28 bits per heavy atom. The molecule has 1 aromatic heterocycles. The quantitative estimate of drug-likeness (QED) is 0.879. The Morgan fingerprint density at radius 3 is 2.84 bits per heavy atom. The van der Waals surface area contributed by atoms with Crippen molar-refractivity contribution in [2.45, 2.75) is 19.4 Å². The zero-order valence-electron chi connectivity index (χ0n) is 14.6. The highest BCUT2D eigenvalue weighted by atomic mass is 16.5. The summed E-state index contributed by atoms with van der Waals surface area (Å²) in [4.78, 5) is 18.8. The normalized spacial score (nSPS) is 17.9. The number of ether oxygens (including phenoxy) is 1. The first-order valence-electron chi connectivity index (χ1n) is 8.80. The minimum Gasteiger partial charge on any atom is -0.487 e. The van der Waals surface area contributed by atoms with Crippen LogP contribution in [0.1, 0.15) is 28.9 Å². The topological polar surface area (TPSA) is 54.5 Å². The van der Waals surface area contributed by atoms with Gasteiger partial charge >= 0.3 is 0 Å². The van der Waals surface area contributed by atoms with Crippen LogP contribution in [0.2, 0.25) is 0 Å². The molecule has 1 aliphatic heterocycles. The fourth-order valence-corrected chi connectivity index (χ4v) is 3.12. The molecule has 2 aromatic rings. The second-order valence-electron chi connectivity index (χ2n) is 6.61. The van der Waals surface area contributed by atoms with Crippen molar-refractivity contribution in [3.8, 4) is 5.75 Å². The number of carbonyl (C=O) groups is 1. The molecule has 0 spiro atoms. The van der Waals surface area contributed by atoms with E-state index in [0.29, 0.717) is 18.1 Å². The van der Waals surface area contributed by atoms with Crippen molar-refractivity contribution in [1.29, 1.82) is 0 Å². The monoisotopic (exact) mass is 339 g/mol. The molecule has 1 aromatic carbocycles. The molecule has 0 bridgehead atoms. The number of hydrogen-bond acceptors (Lipinski definition) is 4. The van der Waals surface area contributed by atoms with E-state index in [9.17, 15) is 4.79 Å². The molecular formula is C20H25N3O2. The van der Waals surface area contributed by atoms with Gasteiger partial charge in [-0.2, -0.15) is 0 Å². The van der Waals surface area contributed by atoms with Crippen LogP contribution in [-0.2, 0) is 6.61 Å². The van der Waals surface area contributed by atoms with Crippen LogP contribution in [0.15, 0.2) is 48.7 Å². The fourth-order valence-electron chi connectivity index (χ4n) is 3.12. The molecule has 0 saturated carbocycles. The molecule has 1 fully saturated rings. The predicted octanol–water partition coefficient (Wildman–Crippen LogP) is 2.73. The van der Waals surface area contributed by atoms with Gasteiger partial charge in [0.05, 0.1) is 5.69 Å². The van der Waals surface area contributed by atoms with Gasteiger partial charge in [0.25, 0.3) is 5.91 Å². The van der Waals surface area contributed by atoms with E-state index >= 15 is 0 Å². The molecule has 5 nitrogen and oxygen atoms in total. The summed E-state index contributed by atoms with van der Waals surface area (Å²) in [5, 5.41) is 3.05. The molecule has 2 heterocycles. The van der Waals surface area contributed by atoms with E-state index < -0.39 is 0 Å². The summed E-state index contributed by atoms with van der Waals surface area (Å²) in [5.74, 6) is 1.25. The van der Waals surface area contributed by atoms with Crippen molar-refractivity contribution in [1.82, 2.24) is 15.2 Å². The first kappa shape index (κ1) is 17.4. The Kier molecular flexibility index (Phi) is 6.01. The summed E-state index contributed by atoms with van der Waals surface area (Å²) in [6.07, 6.45) is 4.14. The summed E-state index contributed by atoms with van der Waals surface area (Å²) in [5.41, 5.74) is 1.54. The number of rotatable bonds is 6. The summed E-state index contributed by atoms with van der Waals surface area (Å²) in [6.45, 7) is 3.37. The van der Waals surface area contributed by atoms with Gasteiger partial charge < -0.3 is 15.0 Å². The number of piperidine rings is 1. The molecule has 1 saturated heterocycles. The van der Waals surface area contributed by atoms with Crippen LogP contribution in [0.3, 0.4) is 0 Å². The Hall–Kier alpha value is -2.40. The lowest BCUT2D eigenvalue weighted by molar-refractivity contribution is 0.0937. The molecule has 132 valence electrons. The van der Waals surface area contributed by atoms with Crippen molar-refractivity contribution in [2.24, 2.45) is 5.92 Å². The SMILES string of the molecule is CN1CCC[C@H](CNC(=O)c2ccc(OCc3ccccn3)cc2)C1. The molecule has 1 amide bonds. The molecule has 1 N–H and O–H groups in total. The standard InChI is InChI=1S/C20H25N3O2/c1-23-12-4-5-16(14-23)13-22-20(24)17-7-9-19(10-8-17)25-15-18-6-2-3-11-21-18/h2-3,6-11,16H,4-5,12-15H2,1H3,(H,22,24)/t16-/m1/s1. The summed E-state index contributed by atoms with van der Waals surface area (Å²) in [6, 6.07) is 13.0. The lowest BCUT2D eigenvalue weighted by atomic mass is 9.98. The fraction of sp³-hybridized carbons (Fsp3) is 0.400. The third kappa shape index (κ3) is 5.29. The van der Waals surface area contributed by atoms with Gasteiger partial charge in [0, 0.05) is 24.8 Å². The number of benzene rings is 1. The van der Waals surface area contributed by atoms with Crippen LogP contribution in [-0.4, -0.2) is 42.5 Å². The summed E-state index contributed by atoms with van der Waals surface area (Å²) in [7, 11) is 2.14. The average molecular weight is 339 g/mol. The average Bonchev–Trinajstić information content (AvgIpc) is 2.66. The summed E-state index contributed by atoms with van der Waals surface area (Å²) < 4.78 is 5.69. The van der Waals surface area contributed by atoms with E-state index in [1.165, 1.54) is 12.8 Å². The van der Waals surface area contributed by atoms with Gasteiger partial charge in [-0.05, 0) is 68.8 Å². The molecular weight excluding hydrogens is 314 g/mol. The number of hydrogen-bond donors (Lipinski definition) is 1. The molecule has 1 atom stereocenters. The Labute approximate surface area is 149 Å². The smallest absolute Gasteiger partial charge is 0.251 e. The molecule has 0 aliphatic carbocycles. The minimum absolute atomic E-state index is 0.0236. The highest BCUT2D eigenvalue weighted by Gasteiger charge is 2.18. The van der Waals surface area contributed by atoms with Crippen LogP contribution < -0.4 is 10.1 Å². The zero-order valence-corrected chi connectivity index (χ0v) is 14.6. The van der Waals surface area contributed by atoms with E-state index in [4.69, 9.17) is 4.74 Å². The summed E-state index contributed by atoms with van der Waals surface area (Å²) >= 11 is 0. The first-order chi connectivity index (χ1) is 12.2. The van der Waals surface area contributed by atoms with Crippen LogP contribution in [0.25, 0.3) is 0 Å². The Balaban J connectivity index is 1.47. The van der Waals surface area contributed by atoms with Gasteiger partial charge in [0.15, 0.2) is 0 Å². The maximum atomic E-state index is 12.3. The van der Waals surface area contributed by atoms with Crippen LogP contribution in [0.5, 0.6) is 5.75 Å². The lowest BCUT2D eigenvalue weighted by Crippen LogP contribution is -2.39. The number of aromatic nitrogens is 1. The maximum absolute atomic E-state index is 12.3. The van der Waals surface area contributed by atoms with Gasteiger partial charge in [-0.15, -0.1) is 0 Å². The highest BCUT2D eigenvalue weighted by Crippen LogP contribution is 2.16. The highest BCUT2D eigenvalue weighted by molar-refractivity contribution is 5.94. The number of amides is 1. The molecule has 25 heavy (non-hydrogen) atoms. The van der Waals surface area contributed by atoms with Crippen molar-refractivity contribution in [3.63, 3.8) is 0 Å². The second-order valence-corrected chi connectivity index (χ2v) is 6.61. The predicted molar refractivity (Wildman–Crippen MR) is 97.6 cm³/mol. The van der Waals surface area contributed by atoms with Gasteiger partial charge in [0.2, 0.25) is 0 Å². The van der Waals surface area contributed by atoms with Crippen molar-refractivity contribution >= 4 is 5.91 Å². The Bertz CT molecular complexity index is 673. The molecule has 0 unspecified atom stereocenters. The number of nitrogens with zero attached hydrogens (tertiary/aromatic N) is 2. The van der Waals surface area contributed by atoms with E-state index in [0.717, 1.165) is 31.1 Å². The maximum Gasteiger partial charge on any atom is 0.251 e. The van der Waals surface area contributed by atoms with E-state index in [-0.39, 0.29) is 5.91 Å². The molecule has 5 heteroatoms. The van der Waals surface area contributed by atoms with Gasteiger partial charge in [0.1, 0.15) is 12.4 Å². The van der Waals surface area contributed by atoms with Gasteiger partial charge in [-0.25, -0.2) is 0 Å². The minimum atomic E-state index is -0.0236.